The second kappa shape index (κ2) is 7.51. The van der Waals surface area contributed by atoms with E-state index in [0.717, 1.165) is 42.1 Å². The van der Waals surface area contributed by atoms with Crippen molar-refractivity contribution in [1.29, 1.82) is 5.26 Å². The third-order valence-electron chi connectivity index (χ3n) is 4.49. The van der Waals surface area contributed by atoms with Crippen molar-refractivity contribution < 1.29 is 4.79 Å². The molecule has 1 fully saturated rings. The van der Waals surface area contributed by atoms with Gasteiger partial charge >= 0.3 is 0 Å². The van der Waals surface area contributed by atoms with Crippen molar-refractivity contribution in [3.63, 3.8) is 0 Å². The van der Waals surface area contributed by atoms with Crippen LogP contribution in [0, 0.1) is 18.3 Å². The number of hydrogen-bond donors (Lipinski definition) is 1. The normalized spacial score (nSPS) is 15.7. The number of halogens is 1. The second-order valence-electron chi connectivity index (χ2n) is 6.20. The van der Waals surface area contributed by atoms with Crippen LogP contribution in [0.3, 0.4) is 0 Å². The van der Waals surface area contributed by atoms with Crippen LogP contribution in [0.25, 0.3) is 5.69 Å². The zero-order chi connectivity index (χ0) is 17.9. The van der Waals surface area contributed by atoms with Gasteiger partial charge in [0.2, 0.25) is 5.91 Å². The largest absolute Gasteiger partial charge is 0.337 e. The van der Waals surface area contributed by atoms with E-state index in [-0.39, 0.29) is 11.7 Å². The van der Waals surface area contributed by atoms with Crippen LogP contribution < -0.4 is 5.32 Å². The van der Waals surface area contributed by atoms with Gasteiger partial charge in [0.05, 0.1) is 17.5 Å². The summed E-state index contributed by atoms with van der Waals surface area (Å²) in [5, 5.41) is 13.7. The number of nitriles is 1. The molecule has 1 saturated carbocycles. The lowest BCUT2D eigenvalue weighted by atomic mass is 10.0. The lowest BCUT2D eigenvalue weighted by molar-refractivity contribution is -0.119. The maximum absolute atomic E-state index is 12.3. The van der Waals surface area contributed by atoms with Gasteiger partial charge in [-0.2, -0.15) is 5.26 Å². The summed E-state index contributed by atoms with van der Waals surface area (Å²) in [4.78, 5) is 16.6. The van der Waals surface area contributed by atoms with Gasteiger partial charge in [-0.15, -0.1) is 0 Å². The average molecular weight is 375 g/mol. The minimum Gasteiger partial charge on any atom is -0.337 e. The van der Waals surface area contributed by atoms with Crippen LogP contribution in [0.1, 0.15) is 31.2 Å². The molecule has 3 rings (SSSR count). The molecule has 2 aromatic rings. The first-order valence-electron chi connectivity index (χ1n) is 8.18. The van der Waals surface area contributed by atoms with E-state index in [1.54, 1.807) is 6.20 Å². The summed E-state index contributed by atoms with van der Waals surface area (Å²) in [5.74, 6) is 0.0888. The third kappa shape index (κ3) is 3.83. The number of hydrogen-bond acceptors (Lipinski definition) is 4. The number of nitrogens with zero attached hydrogens (tertiary/aromatic N) is 3. The van der Waals surface area contributed by atoms with Gasteiger partial charge in [0, 0.05) is 17.4 Å². The first-order chi connectivity index (χ1) is 12.0. The SMILES string of the molecule is Cc1c(Cl)cccc1-n1ccnc1SCC(=O)NC1(C#N)CCCC1. The average Bonchev–Trinajstić information content (AvgIpc) is 3.25. The fourth-order valence-corrected chi connectivity index (χ4v) is 4.05. The van der Waals surface area contributed by atoms with Crippen molar-refractivity contribution in [3.8, 4) is 11.8 Å². The standard InChI is InChI=1S/C18H19ClN4OS/c1-13-14(19)5-4-6-15(13)23-10-9-21-17(23)25-11-16(24)22-18(12-20)7-2-3-8-18/h4-6,9-10H,2-3,7-8,11H2,1H3,(H,22,24). The molecule has 1 aromatic heterocycles. The Morgan fingerprint density at radius 1 is 1.48 bits per heavy atom. The second-order valence-corrected chi connectivity index (χ2v) is 7.55. The predicted octanol–water partition coefficient (Wildman–Crippen LogP) is 3.88. The molecule has 1 N–H and O–H groups in total. The maximum atomic E-state index is 12.3. The van der Waals surface area contributed by atoms with Crippen molar-refractivity contribution in [2.75, 3.05) is 5.75 Å². The number of imidazole rings is 1. The summed E-state index contributed by atoms with van der Waals surface area (Å²) < 4.78 is 1.93. The summed E-state index contributed by atoms with van der Waals surface area (Å²) >= 11 is 7.55. The zero-order valence-electron chi connectivity index (χ0n) is 14.0. The Hall–Kier alpha value is -1.97. The van der Waals surface area contributed by atoms with Gasteiger partial charge in [-0.25, -0.2) is 4.98 Å². The molecule has 130 valence electrons. The first kappa shape index (κ1) is 17.8. The van der Waals surface area contributed by atoms with Crippen LogP contribution in [0.2, 0.25) is 5.02 Å². The Labute approximate surface area is 156 Å². The van der Waals surface area contributed by atoms with E-state index in [2.05, 4.69) is 16.4 Å². The maximum Gasteiger partial charge on any atom is 0.231 e. The summed E-state index contributed by atoms with van der Waals surface area (Å²) in [6.45, 7) is 1.95. The minimum absolute atomic E-state index is 0.134. The molecule has 7 heteroatoms. The van der Waals surface area contributed by atoms with Gasteiger partial charge in [0.1, 0.15) is 5.54 Å². The lowest BCUT2D eigenvalue weighted by Gasteiger charge is -2.21. The summed E-state index contributed by atoms with van der Waals surface area (Å²) in [5.41, 5.74) is 1.22. The van der Waals surface area contributed by atoms with Crippen molar-refractivity contribution in [2.24, 2.45) is 0 Å². The van der Waals surface area contributed by atoms with Crippen LogP contribution in [0.4, 0.5) is 0 Å². The smallest absolute Gasteiger partial charge is 0.231 e. The van der Waals surface area contributed by atoms with Crippen molar-refractivity contribution in [2.45, 2.75) is 43.3 Å². The van der Waals surface area contributed by atoms with Gasteiger partial charge in [0.15, 0.2) is 5.16 Å². The molecule has 25 heavy (non-hydrogen) atoms. The van der Waals surface area contributed by atoms with E-state index in [4.69, 9.17) is 11.6 Å². The Morgan fingerprint density at radius 2 is 2.24 bits per heavy atom. The highest BCUT2D eigenvalue weighted by molar-refractivity contribution is 7.99. The van der Waals surface area contributed by atoms with Crippen LogP contribution >= 0.6 is 23.4 Å². The Morgan fingerprint density at radius 3 is 2.96 bits per heavy atom. The summed E-state index contributed by atoms with van der Waals surface area (Å²) in [6, 6.07) is 7.98. The first-order valence-corrected chi connectivity index (χ1v) is 9.55. The zero-order valence-corrected chi connectivity index (χ0v) is 15.5. The van der Waals surface area contributed by atoms with E-state index in [1.165, 1.54) is 11.8 Å². The topological polar surface area (TPSA) is 70.7 Å². The highest BCUT2D eigenvalue weighted by Crippen LogP contribution is 2.30. The monoisotopic (exact) mass is 374 g/mol. The van der Waals surface area contributed by atoms with Crippen molar-refractivity contribution in [3.05, 3.63) is 41.2 Å². The highest BCUT2D eigenvalue weighted by Gasteiger charge is 2.35. The highest BCUT2D eigenvalue weighted by atomic mass is 35.5. The van der Waals surface area contributed by atoms with E-state index < -0.39 is 5.54 Å². The molecule has 0 bridgehead atoms. The van der Waals surface area contributed by atoms with Gasteiger partial charge < -0.3 is 5.32 Å². The Balaban J connectivity index is 1.69. The van der Waals surface area contributed by atoms with Crippen LogP contribution in [-0.4, -0.2) is 26.8 Å². The number of carbonyl (C=O) groups excluding carboxylic acids is 1. The molecular weight excluding hydrogens is 356 g/mol. The van der Waals surface area contributed by atoms with Gasteiger partial charge in [-0.05, 0) is 50.3 Å². The number of thioether (sulfide) groups is 1. The molecule has 1 aliphatic carbocycles. The lowest BCUT2D eigenvalue weighted by Crippen LogP contribution is -2.45. The van der Waals surface area contributed by atoms with E-state index >= 15 is 0 Å². The van der Waals surface area contributed by atoms with E-state index in [0.29, 0.717) is 5.02 Å². The third-order valence-corrected chi connectivity index (χ3v) is 5.86. The molecule has 5 nitrogen and oxygen atoms in total. The van der Waals surface area contributed by atoms with Crippen molar-refractivity contribution in [1.82, 2.24) is 14.9 Å². The molecule has 0 saturated heterocycles. The number of rotatable bonds is 5. The number of carbonyl (C=O) groups is 1. The number of benzene rings is 1. The van der Waals surface area contributed by atoms with E-state index in [1.807, 2.05) is 35.9 Å². The molecule has 1 aromatic carbocycles. The molecule has 1 amide bonds. The van der Waals surface area contributed by atoms with Gasteiger partial charge in [-0.1, -0.05) is 29.4 Å². The van der Waals surface area contributed by atoms with Crippen molar-refractivity contribution >= 4 is 29.3 Å². The van der Waals surface area contributed by atoms with Crippen LogP contribution in [0.15, 0.2) is 35.7 Å². The summed E-state index contributed by atoms with van der Waals surface area (Å²) in [7, 11) is 0. The molecule has 1 heterocycles. The number of nitrogens with one attached hydrogen (secondary N) is 1. The molecular formula is C18H19ClN4OS. The summed E-state index contributed by atoms with van der Waals surface area (Å²) in [6.07, 6.45) is 6.99. The van der Waals surface area contributed by atoms with Crippen LogP contribution in [0.5, 0.6) is 0 Å². The van der Waals surface area contributed by atoms with Gasteiger partial charge in [-0.3, -0.25) is 9.36 Å². The fraction of sp³-hybridized carbons (Fsp3) is 0.389. The molecule has 0 unspecified atom stereocenters. The Bertz CT molecular complexity index is 821. The molecule has 1 aliphatic rings. The van der Waals surface area contributed by atoms with E-state index in [9.17, 15) is 10.1 Å². The molecule has 0 spiro atoms. The minimum atomic E-state index is -0.684. The number of amides is 1. The Kier molecular flexibility index (Phi) is 5.36. The quantitative estimate of drug-likeness (QED) is 0.806. The fourth-order valence-electron chi connectivity index (χ4n) is 3.11. The predicted molar refractivity (Wildman–Crippen MR) is 99.0 cm³/mol. The molecule has 0 atom stereocenters. The van der Waals surface area contributed by atoms with Gasteiger partial charge in [0.25, 0.3) is 0 Å². The number of aromatic nitrogens is 2. The van der Waals surface area contributed by atoms with Crippen LogP contribution in [-0.2, 0) is 4.79 Å². The molecule has 0 aliphatic heterocycles. The molecule has 0 radical (unpaired) electrons.